The molecule has 0 saturated heterocycles. The molecule has 0 unspecified atom stereocenters. The smallest absolute Gasteiger partial charge is 0.264 e. The molecule has 0 spiro atoms. The van der Waals surface area contributed by atoms with E-state index in [1.807, 2.05) is 74.7 Å². The molecule has 0 bridgehead atoms. The average Bonchev–Trinajstić information content (AvgIpc) is 3.63. The van der Waals surface area contributed by atoms with Gasteiger partial charge in [0.1, 0.15) is 18.3 Å². The van der Waals surface area contributed by atoms with Crippen LogP contribution < -0.4 is 14.4 Å². The van der Waals surface area contributed by atoms with Crippen molar-refractivity contribution in [3.8, 4) is 5.75 Å². The number of hydrogen-bond donors (Lipinski definition) is 1. The quantitative estimate of drug-likeness (QED) is 0.134. The number of nitrogens with zero attached hydrogens (tertiary/aromatic N) is 2. The molecule has 1 N–H and O–H groups in total. The van der Waals surface area contributed by atoms with Gasteiger partial charge in [-0.15, -0.1) is 11.8 Å². The van der Waals surface area contributed by atoms with Crippen molar-refractivity contribution in [2.45, 2.75) is 74.4 Å². The van der Waals surface area contributed by atoms with E-state index in [0.29, 0.717) is 18.0 Å². The van der Waals surface area contributed by atoms with E-state index in [9.17, 15) is 18.0 Å². The molecule has 0 radical (unpaired) electrons. The summed E-state index contributed by atoms with van der Waals surface area (Å²) >= 11 is 1.51. The molecule has 4 aromatic carbocycles. The maximum atomic E-state index is 14.7. The molecule has 1 aliphatic rings. The molecule has 49 heavy (non-hydrogen) atoms. The SMILES string of the molecule is CCOc1ccc(N(CC(=O)N(Cc2ccc(C)cc2)[C@H](Cc2ccccc2)C(=O)NC2CCCC2)S(=O)(=O)c2ccc(SC)cc2)cc1. The lowest BCUT2D eigenvalue weighted by molar-refractivity contribution is -0.140. The molecule has 0 aliphatic heterocycles. The highest BCUT2D eigenvalue weighted by Gasteiger charge is 2.35. The van der Waals surface area contributed by atoms with Crippen molar-refractivity contribution in [3.05, 3.63) is 120 Å². The van der Waals surface area contributed by atoms with Gasteiger partial charge in [-0.05, 0) is 92.6 Å². The lowest BCUT2D eigenvalue weighted by atomic mass is 10.0. The van der Waals surface area contributed by atoms with Crippen molar-refractivity contribution in [2.75, 3.05) is 23.7 Å². The van der Waals surface area contributed by atoms with Gasteiger partial charge in [-0.2, -0.15) is 0 Å². The lowest BCUT2D eigenvalue weighted by Crippen LogP contribution is -2.54. The number of rotatable bonds is 15. The highest BCUT2D eigenvalue weighted by atomic mass is 32.2. The highest BCUT2D eigenvalue weighted by molar-refractivity contribution is 7.98. The van der Waals surface area contributed by atoms with Gasteiger partial charge in [0.05, 0.1) is 17.2 Å². The number of ether oxygens (including phenoxy) is 1. The summed E-state index contributed by atoms with van der Waals surface area (Å²) in [5.74, 6) is -0.132. The first-order valence-electron chi connectivity index (χ1n) is 16.8. The molecule has 0 heterocycles. The number of anilines is 1. The maximum Gasteiger partial charge on any atom is 0.264 e. The van der Waals surface area contributed by atoms with Crippen molar-refractivity contribution >= 4 is 39.3 Å². The number of thioether (sulfide) groups is 1. The van der Waals surface area contributed by atoms with Crippen molar-refractivity contribution in [1.29, 1.82) is 0 Å². The highest BCUT2D eigenvalue weighted by Crippen LogP contribution is 2.28. The third-order valence-corrected chi connectivity index (χ3v) is 11.3. The lowest BCUT2D eigenvalue weighted by Gasteiger charge is -2.34. The van der Waals surface area contributed by atoms with Gasteiger partial charge in [0.2, 0.25) is 11.8 Å². The molecule has 5 rings (SSSR count). The van der Waals surface area contributed by atoms with Gasteiger partial charge in [0.15, 0.2) is 0 Å². The van der Waals surface area contributed by atoms with Crippen LogP contribution in [0.1, 0.15) is 49.3 Å². The number of nitrogens with one attached hydrogen (secondary N) is 1. The second-order valence-corrected chi connectivity index (χ2v) is 15.1. The second-order valence-electron chi connectivity index (χ2n) is 12.3. The van der Waals surface area contributed by atoms with Crippen molar-refractivity contribution in [2.24, 2.45) is 0 Å². The number of carbonyl (C=O) groups is 2. The Morgan fingerprint density at radius 3 is 2.14 bits per heavy atom. The van der Waals surface area contributed by atoms with Crippen LogP contribution in [0.2, 0.25) is 0 Å². The molecule has 1 atom stereocenters. The van der Waals surface area contributed by atoms with Crippen LogP contribution in [0.3, 0.4) is 0 Å². The van der Waals surface area contributed by atoms with Gasteiger partial charge in [-0.25, -0.2) is 8.42 Å². The molecular weight excluding hydrogens is 655 g/mol. The van der Waals surface area contributed by atoms with Crippen LogP contribution in [0.5, 0.6) is 5.75 Å². The Bertz CT molecular complexity index is 1780. The van der Waals surface area contributed by atoms with Crippen LogP contribution in [0.15, 0.2) is 113 Å². The van der Waals surface area contributed by atoms with E-state index < -0.39 is 28.5 Å². The second kappa shape index (κ2) is 16.9. The summed E-state index contributed by atoms with van der Waals surface area (Å²) in [5.41, 5.74) is 3.13. The molecule has 4 aromatic rings. The van der Waals surface area contributed by atoms with Crippen LogP contribution in [0.25, 0.3) is 0 Å². The Morgan fingerprint density at radius 1 is 0.878 bits per heavy atom. The van der Waals surface area contributed by atoms with E-state index in [1.54, 1.807) is 53.4 Å². The number of sulfonamides is 1. The third-order valence-electron chi connectivity index (χ3n) is 8.81. The summed E-state index contributed by atoms with van der Waals surface area (Å²) < 4.78 is 35.5. The van der Waals surface area contributed by atoms with E-state index in [2.05, 4.69) is 5.32 Å². The third kappa shape index (κ3) is 9.45. The van der Waals surface area contributed by atoms with Gasteiger partial charge in [0, 0.05) is 23.9 Å². The molecule has 258 valence electrons. The Labute approximate surface area is 294 Å². The predicted octanol–water partition coefficient (Wildman–Crippen LogP) is 7.01. The molecule has 1 saturated carbocycles. The standard InChI is InChI=1S/C39H45N3O5S2/c1-4-47-34-20-18-33(19-21-34)42(49(45,46)36-24-22-35(48-3)23-25-36)28-38(43)41(27-31-16-14-29(2)15-17-31)37(26-30-10-6-5-7-11-30)39(44)40-32-12-8-9-13-32/h5-7,10-11,14-25,32,37H,4,8-9,12-13,26-28H2,1-3H3,(H,40,44)/t37-/m1/s1. The Hall–Kier alpha value is -4.28. The number of carbonyl (C=O) groups excluding carboxylic acids is 2. The summed E-state index contributed by atoms with van der Waals surface area (Å²) in [6.07, 6.45) is 6.10. The minimum atomic E-state index is -4.20. The Morgan fingerprint density at radius 2 is 1.53 bits per heavy atom. The molecule has 1 fully saturated rings. The summed E-state index contributed by atoms with van der Waals surface area (Å²) in [4.78, 5) is 31.4. The first kappa shape index (κ1) is 36.0. The van der Waals surface area contributed by atoms with E-state index in [1.165, 1.54) is 11.8 Å². The number of benzene rings is 4. The van der Waals surface area contributed by atoms with E-state index in [4.69, 9.17) is 4.74 Å². The van der Waals surface area contributed by atoms with Crippen molar-refractivity contribution in [1.82, 2.24) is 10.2 Å². The number of amides is 2. The van der Waals surface area contributed by atoms with Gasteiger partial charge in [-0.1, -0.05) is 73.0 Å². The first-order valence-corrected chi connectivity index (χ1v) is 19.4. The molecular formula is C39H45N3O5S2. The molecule has 2 amide bonds. The van der Waals surface area contributed by atoms with Crippen LogP contribution in [-0.4, -0.2) is 56.6 Å². The van der Waals surface area contributed by atoms with Crippen molar-refractivity contribution < 1.29 is 22.7 Å². The summed E-state index contributed by atoms with van der Waals surface area (Å²) in [5, 5.41) is 3.22. The summed E-state index contributed by atoms with van der Waals surface area (Å²) in [7, 11) is -4.20. The zero-order valence-electron chi connectivity index (χ0n) is 28.4. The fraction of sp³-hybridized carbons (Fsp3) is 0.333. The Balaban J connectivity index is 1.56. The van der Waals surface area contributed by atoms with Crippen LogP contribution in [0, 0.1) is 6.92 Å². The zero-order chi connectivity index (χ0) is 34.8. The van der Waals surface area contributed by atoms with Gasteiger partial charge in [0.25, 0.3) is 10.0 Å². The summed E-state index contributed by atoms with van der Waals surface area (Å²) in [6.45, 7) is 3.95. The normalized spacial score (nSPS) is 13.9. The van der Waals surface area contributed by atoms with E-state index in [0.717, 1.165) is 51.6 Å². The predicted molar refractivity (Wildman–Crippen MR) is 196 cm³/mol. The van der Waals surface area contributed by atoms with Crippen LogP contribution in [0.4, 0.5) is 5.69 Å². The maximum absolute atomic E-state index is 14.7. The van der Waals surface area contributed by atoms with Crippen molar-refractivity contribution in [3.63, 3.8) is 0 Å². The largest absolute Gasteiger partial charge is 0.494 e. The van der Waals surface area contributed by atoms with Gasteiger partial charge >= 0.3 is 0 Å². The monoisotopic (exact) mass is 699 g/mol. The Kier molecular flexibility index (Phi) is 12.4. The van der Waals surface area contributed by atoms with E-state index in [-0.39, 0.29) is 29.8 Å². The minimum Gasteiger partial charge on any atom is -0.494 e. The summed E-state index contributed by atoms with van der Waals surface area (Å²) in [6, 6.07) is 29.9. The minimum absolute atomic E-state index is 0.0482. The number of aryl methyl sites for hydroxylation is 1. The van der Waals surface area contributed by atoms with Crippen LogP contribution in [-0.2, 0) is 32.6 Å². The van der Waals surface area contributed by atoms with Gasteiger partial charge < -0.3 is 15.0 Å². The zero-order valence-corrected chi connectivity index (χ0v) is 30.0. The fourth-order valence-corrected chi connectivity index (χ4v) is 7.91. The topological polar surface area (TPSA) is 96.0 Å². The molecule has 8 nitrogen and oxygen atoms in total. The molecule has 10 heteroatoms. The first-order chi connectivity index (χ1) is 23.7. The number of hydrogen-bond acceptors (Lipinski definition) is 6. The average molecular weight is 700 g/mol. The fourth-order valence-electron chi connectivity index (χ4n) is 6.09. The molecule has 0 aromatic heterocycles. The molecule has 1 aliphatic carbocycles. The van der Waals surface area contributed by atoms with Crippen LogP contribution >= 0.6 is 11.8 Å². The van der Waals surface area contributed by atoms with Gasteiger partial charge in [-0.3, -0.25) is 13.9 Å². The van der Waals surface area contributed by atoms with E-state index >= 15 is 0 Å².